The Hall–Kier alpha value is -2.73. The molecule has 0 spiro atoms. The molecule has 0 aromatic heterocycles. The second-order valence-corrected chi connectivity index (χ2v) is 6.31. The molecule has 2 aromatic carbocycles. The highest BCUT2D eigenvalue weighted by Crippen LogP contribution is 2.26. The van der Waals surface area contributed by atoms with Crippen molar-refractivity contribution < 1.29 is 14.3 Å². The van der Waals surface area contributed by atoms with Gasteiger partial charge in [0, 0.05) is 30.9 Å². The van der Waals surface area contributed by atoms with Gasteiger partial charge in [0.2, 0.25) is 0 Å². The third-order valence-electron chi connectivity index (χ3n) is 4.54. The number of carbonyl (C=O) groups excluding carboxylic acids is 1. The van der Waals surface area contributed by atoms with E-state index in [1.165, 1.54) is 0 Å². The Balaban J connectivity index is 1.61. The molecule has 6 nitrogen and oxygen atoms in total. The molecule has 1 heterocycles. The molecule has 1 saturated heterocycles. The van der Waals surface area contributed by atoms with Gasteiger partial charge in [-0.3, -0.25) is 0 Å². The minimum atomic E-state index is -0.0957. The van der Waals surface area contributed by atoms with E-state index in [2.05, 4.69) is 5.32 Å². The molecular weight excluding hydrogens is 330 g/mol. The lowest BCUT2D eigenvalue weighted by Gasteiger charge is -2.34. The molecule has 1 aliphatic heterocycles. The quantitative estimate of drug-likeness (QED) is 0.854. The van der Waals surface area contributed by atoms with Crippen LogP contribution in [0.5, 0.6) is 17.2 Å². The van der Waals surface area contributed by atoms with E-state index in [4.69, 9.17) is 15.2 Å². The smallest absolute Gasteiger partial charge is 0.322 e. The van der Waals surface area contributed by atoms with Crippen LogP contribution in [-0.4, -0.2) is 37.2 Å². The van der Waals surface area contributed by atoms with Crippen LogP contribution in [0.25, 0.3) is 0 Å². The van der Waals surface area contributed by atoms with E-state index in [0.717, 1.165) is 37.2 Å². The Labute approximate surface area is 153 Å². The van der Waals surface area contributed by atoms with Gasteiger partial charge in [0.15, 0.2) is 0 Å². The maximum absolute atomic E-state index is 12.5. The summed E-state index contributed by atoms with van der Waals surface area (Å²) in [6, 6.07) is 14.7. The van der Waals surface area contributed by atoms with Crippen LogP contribution >= 0.6 is 0 Å². The van der Waals surface area contributed by atoms with Crippen molar-refractivity contribution in [1.82, 2.24) is 4.90 Å². The number of piperidine rings is 1. The lowest BCUT2D eigenvalue weighted by Crippen LogP contribution is -2.49. The summed E-state index contributed by atoms with van der Waals surface area (Å²) in [4.78, 5) is 14.3. The van der Waals surface area contributed by atoms with Crippen molar-refractivity contribution >= 4 is 11.7 Å². The molecule has 3 rings (SSSR count). The molecule has 138 valence electrons. The maximum atomic E-state index is 12.5. The van der Waals surface area contributed by atoms with Crippen LogP contribution in [0.1, 0.15) is 19.3 Å². The maximum Gasteiger partial charge on any atom is 0.322 e. The topological polar surface area (TPSA) is 76.8 Å². The number of hydrogen-bond donors (Lipinski definition) is 2. The summed E-state index contributed by atoms with van der Waals surface area (Å²) in [6.45, 7) is 1.26. The fourth-order valence-corrected chi connectivity index (χ4v) is 3.12. The zero-order chi connectivity index (χ0) is 18.4. The van der Waals surface area contributed by atoms with E-state index in [9.17, 15) is 4.79 Å². The largest absolute Gasteiger partial charge is 0.497 e. The van der Waals surface area contributed by atoms with Crippen LogP contribution in [0.3, 0.4) is 0 Å². The zero-order valence-electron chi connectivity index (χ0n) is 15.0. The Morgan fingerprint density at radius 3 is 2.65 bits per heavy atom. The van der Waals surface area contributed by atoms with Crippen molar-refractivity contribution in [2.75, 3.05) is 25.5 Å². The normalized spacial score (nSPS) is 16.8. The van der Waals surface area contributed by atoms with Gasteiger partial charge in [-0.1, -0.05) is 6.07 Å². The van der Waals surface area contributed by atoms with Crippen molar-refractivity contribution in [2.45, 2.75) is 25.3 Å². The first-order chi connectivity index (χ1) is 12.7. The first-order valence-electron chi connectivity index (χ1n) is 8.89. The third kappa shape index (κ3) is 4.46. The molecular formula is C20H25N3O3. The third-order valence-corrected chi connectivity index (χ3v) is 4.54. The summed E-state index contributed by atoms with van der Waals surface area (Å²) in [7, 11) is 1.62. The van der Waals surface area contributed by atoms with Crippen LogP contribution in [-0.2, 0) is 0 Å². The van der Waals surface area contributed by atoms with Crippen molar-refractivity contribution in [2.24, 2.45) is 5.73 Å². The highest BCUT2D eigenvalue weighted by atomic mass is 16.5. The summed E-state index contributed by atoms with van der Waals surface area (Å²) in [6.07, 6.45) is 3.12. The summed E-state index contributed by atoms with van der Waals surface area (Å²) in [5, 5.41) is 2.94. The van der Waals surface area contributed by atoms with E-state index >= 15 is 0 Å². The molecule has 0 bridgehead atoms. The first-order valence-corrected chi connectivity index (χ1v) is 8.89. The van der Waals surface area contributed by atoms with Crippen LogP contribution in [0, 0.1) is 0 Å². The lowest BCUT2D eigenvalue weighted by molar-refractivity contribution is 0.166. The number of ether oxygens (including phenoxy) is 2. The number of benzene rings is 2. The second-order valence-electron chi connectivity index (χ2n) is 6.31. The zero-order valence-corrected chi connectivity index (χ0v) is 15.0. The molecule has 2 amide bonds. The first kappa shape index (κ1) is 18.1. The molecule has 2 aromatic rings. The Kier molecular flexibility index (Phi) is 5.96. The van der Waals surface area contributed by atoms with Gasteiger partial charge in [-0.2, -0.15) is 0 Å². The summed E-state index contributed by atoms with van der Waals surface area (Å²) in [5.74, 6) is 2.12. The van der Waals surface area contributed by atoms with Gasteiger partial charge in [0.05, 0.1) is 7.11 Å². The van der Waals surface area contributed by atoms with E-state index in [1.807, 2.05) is 53.4 Å². The van der Waals surface area contributed by atoms with E-state index < -0.39 is 0 Å². The molecule has 0 saturated carbocycles. The average Bonchev–Trinajstić information content (AvgIpc) is 2.69. The average molecular weight is 355 g/mol. The van der Waals surface area contributed by atoms with E-state index in [0.29, 0.717) is 18.0 Å². The number of rotatable bonds is 5. The predicted molar refractivity (Wildman–Crippen MR) is 102 cm³/mol. The van der Waals surface area contributed by atoms with Crippen molar-refractivity contribution in [3.8, 4) is 17.2 Å². The fourth-order valence-electron chi connectivity index (χ4n) is 3.12. The van der Waals surface area contributed by atoms with E-state index in [1.54, 1.807) is 7.11 Å². The molecule has 26 heavy (non-hydrogen) atoms. The van der Waals surface area contributed by atoms with Gasteiger partial charge < -0.3 is 25.4 Å². The van der Waals surface area contributed by atoms with Gasteiger partial charge in [-0.15, -0.1) is 0 Å². The number of methoxy groups -OCH3 is 1. The van der Waals surface area contributed by atoms with Gasteiger partial charge in [0.25, 0.3) is 0 Å². The van der Waals surface area contributed by atoms with Gasteiger partial charge >= 0.3 is 6.03 Å². The number of nitrogens with two attached hydrogens (primary N) is 1. The predicted octanol–water partition coefficient (Wildman–Crippen LogP) is 3.83. The molecule has 0 aliphatic carbocycles. The van der Waals surface area contributed by atoms with Crippen molar-refractivity contribution in [1.29, 1.82) is 0 Å². The summed E-state index contributed by atoms with van der Waals surface area (Å²) in [5.41, 5.74) is 6.52. The molecule has 1 atom stereocenters. The lowest BCUT2D eigenvalue weighted by atomic mass is 10.0. The van der Waals surface area contributed by atoms with Gasteiger partial charge in [-0.25, -0.2) is 4.79 Å². The number of nitrogens with zero attached hydrogens (tertiary/aromatic N) is 1. The summed E-state index contributed by atoms with van der Waals surface area (Å²) >= 11 is 0. The Morgan fingerprint density at radius 2 is 1.92 bits per heavy atom. The van der Waals surface area contributed by atoms with Crippen LogP contribution in [0.15, 0.2) is 48.5 Å². The number of carbonyl (C=O) groups is 1. The monoisotopic (exact) mass is 355 g/mol. The van der Waals surface area contributed by atoms with Crippen molar-refractivity contribution in [3.63, 3.8) is 0 Å². The van der Waals surface area contributed by atoms with Crippen LogP contribution < -0.4 is 20.5 Å². The van der Waals surface area contributed by atoms with Crippen molar-refractivity contribution in [3.05, 3.63) is 48.5 Å². The number of hydrogen-bond acceptors (Lipinski definition) is 4. The number of amides is 2. The second kappa shape index (κ2) is 8.58. The van der Waals surface area contributed by atoms with Crippen LogP contribution in [0.4, 0.5) is 10.5 Å². The Bertz CT molecular complexity index is 733. The van der Waals surface area contributed by atoms with Crippen LogP contribution in [0.2, 0.25) is 0 Å². The molecule has 0 unspecified atom stereocenters. The highest BCUT2D eigenvalue weighted by molar-refractivity contribution is 5.89. The highest BCUT2D eigenvalue weighted by Gasteiger charge is 2.25. The van der Waals surface area contributed by atoms with E-state index in [-0.39, 0.29) is 12.1 Å². The number of likely N-dealkylation sites (tertiary alicyclic amines) is 1. The molecule has 6 heteroatoms. The summed E-state index contributed by atoms with van der Waals surface area (Å²) < 4.78 is 11.0. The molecule has 1 fully saturated rings. The van der Waals surface area contributed by atoms with Gasteiger partial charge in [-0.05, 0) is 55.7 Å². The number of anilines is 1. The standard InChI is InChI=1S/C20H25N3O3/c1-25-18-6-4-7-19(13-18)26-17-10-8-15(9-11-17)22-20(24)23-12-3-2-5-16(23)14-21/h4,6-11,13,16H,2-3,5,12,14,21H2,1H3,(H,22,24)/t16-/m1/s1. The van der Waals surface area contributed by atoms with Gasteiger partial charge in [0.1, 0.15) is 17.2 Å². The number of urea groups is 1. The Morgan fingerprint density at radius 1 is 1.15 bits per heavy atom. The molecule has 0 radical (unpaired) electrons. The SMILES string of the molecule is COc1cccc(Oc2ccc(NC(=O)N3CCCC[C@@H]3CN)cc2)c1. The molecule has 1 aliphatic rings. The fraction of sp³-hybridized carbons (Fsp3) is 0.350. The minimum Gasteiger partial charge on any atom is -0.497 e. The number of nitrogens with one attached hydrogen (secondary N) is 1. The molecule has 3 N–H and O–H groups in total. The minimum absolute atomic E-state index is 0.0957.